The molecule has 0 fully saturated rings. The first kappa shape index (κ1) is 20.2. The number of hydrogen-bond donors (Lipinski definition) is 1. The molecule has 0 radical (unpaired) electrons. The highest BCUT2D eigenvalue weighted by Gasteiger charge is 2.23. The zero-order valence-corrected chi connectivity index (χ0v) is 16.8. The largest absolute Gasteiger partial charge is 0.382 e. The summed E-state index contributed by atoms with van der Waals surface area (Å²) in [5.74, 6) is 0.785. The standard InChI is InChI=1S/C19H28N4O2S/c1-5-7-12-23(6-2)19-21-13-17(18(20)22-19)26(24,25)16-10-8-15(9-11-16)14(3)4/h8-11,13-14H,5-7,12H2,1-4H3,(H2,20,21,22). The Morgan fingerprint density at radius 3 is 2.31 bits per heavy atom. The fraction of sp³-hybridized carbons (Fsp3) is 0.474. The van der Waals surface area contributed by atoms with E-state index in [0.717, 1.165) is 31.5 Å². The van der Waals surface area contributed by atoms with Gasteiger partial charge in [-0.2, -0.15) is 4.98 Å². The van der Waals surface area contributed by atoms with Crippen LogP contribution in [0.3, 0.4) is 0 Å². The number of nitrogens with two attached hydrogens (primary N) is 1. The molecule has 142 valence electrons. The minimum absolute atomic E-state index is 0.0158. The quantitative estimate of drug-likeness (QED) is 0.756. The van der Waals surface area contributed by atoms with Crippen molar-refractivity contribution >= 4 is 21.6 Å². The normalized spacial score (nSPS) is 11.7. The number of unbranched alkanes of at least 4 members (excludes halogenated alkanes) is 1. The molecule has 1 aromatic carbocycles. The molecule has 0 aliphatic heterocycles. The van der Waals surface area contributed by atoms with E-state index in [4.69, 9.17) is 5.73 Å². The van der Waals surface area contributed by atoms with Gasteiger partial charge in [-0.3, -0.25) is 0 Å². The first-order valence-electron chi connectivity index (χ1n) is 9.03. The molecule has 6 nitrogen and oxygen atoms in total. The molecule has 7 heteroatoms. The van der Waals surface area contributed by atoms with Crippen molar-refractivity contribution in [2.75, 3.05) is 23.7 Å². The third-order valence-electron chi connectivity index (χ3n) is 4.36. The van der Waals surface area contributed by atoms with E-state index < -0.39 is 9.84 Å². The Labute approximate surface area is 156 Å². The van der Waals surface area contributed by atoms with Crippen molar-refractivity contribution in [1.29, 1.82) is 0 Å². The van der Waals surface area contributed by atoms with E-state index in [-0.39, 0.29) is 15.6 Å². The summed E-state index contributed by atoms with van der Waals surface area (Å²) in [6, 6.07) is 6.87. The molecule has 0 spiro atoms. The molecule has 0 aliphatic carbocycles. The van der Waals surface area contributed by atoms with Crippen molar-refractivity contribution in [2.24, 2.45) is 0 Å². The van der Waals surface area contributed by atoms with E-state index >= 15 is 0 Å². The lowest BCUT2D eigenvalue weighted by atomic mass is 10.0. The number of hydrogen-bond acceptors (Lipinski definition) is 6. The summed E-state index contributed by atoms with van der Waals surface area (Å²) in [4.78, 5) is 10.6. The topological polar surface area (TPSA) is 89.2 Å². The van der Waals surface area contributed by atoms with Crippen LogP contribution in [-0.4, -0.2) is 31.5 Å². The number of nitrogen functional groups attached to an aromatic ring is 1. The van der Waals surface area contributed by atoms with Gasteiger partial charge in [-0.15, -0.1) is 0 Å². The minimum Gasteiger partial charge on any atom is -0.382 e. The van der Waals surface area contributed by atoms with Crippen LogP contribution >= 0.6 is 0 Å². The molecule has 1 aromatic heterocycles. The fourth-order valence-corrected chi connectivity index (χ4v) is 3.90. The molecule has 2 rings (SSSR count). The van der Waals surface area contributed by atoms with Crippen molar-refractivity contribution in [3.63, 3.8) is 0 Å². The van der Waals surface area contributed by atoms with Crippen LogP contribution in [-0.2, 0) is 9.84 Å². The van der Waals surface area contributed by atoms with Crippen LogP contribution in [0, 0.1) is 0 Å². The van der Waals surface area contributed by atoms with Gasteiger partial charge in [0.15, 0.2) is 0 Å². The Morgan fingerprint density at radius 1 is 1.15 bits per heavy atom. The molecular weight excluding hydrogens is 348 g/mol. The van der Waals surface area contributed by atoms with Crippen molar-refractivity contribution in [2.45, 2.75) is 56.2 Å². The summed E-state index contributed by atoms with van der Waals surface area (Å²) in [5.41, 5.74) is 7.07. The summed E-state index contributed by atoms with van der Waals surface area (Å²) >= 11 is 0. The second kappa shape index (κ2) is 8.49. The molecule has 0 saturated heterocycles. The van der Waals surface area contributed by atoms with Gasteiger partial charge < -0.3 is 10.6 Å². The lowest BCUT2D eigenvalue weighted by Crippen LogP contribution is -2.26. The molecule has 0 bridgehead atoms. The van der Waals surface area contributed by atoms with Crippen molar-refractivity contribution in [3.05, 3.63) is 36.0 Å². The number of benzene rings is 1. The van der Waals surface area contributed by atoms with Crippen LogP contribution in [0.2, 0.25) is 0 Å². The first-order chi connectivity index (χ1) is 12.3. The van der Waals surface area contributed by atoms with Crippen LogP contribution in [0.1, 0.15) is 52.0 Å². The number of sulfone groups is 1. The van der Waals surface area contributed by atoms with E-state index in [1.165, 1.54) is 6.20 Å². The van der Waals surface area contributed by atoms with Crippen LogP contribution in [0.15, 0.2) is 40.3 Å². The molecule has 0 unspecified atom stereocenters. The monoisotopic (exact) mass is 376 g/mol. The first-order valence-corrected chi connectivity index (χ1v) is 10.5. The van der Waals surface area contributed by atoms with Crippen molar-refractivity contribution < 1.29 is 8.42 Å². The average Bonchev–Trinajstić information content (AvgIpc) is 2.62. The van der Waals surface area contributed by atoms with Crippen molar-refractivity contribution in [3.8, 4) is 0 Å². The highest BCUT2D eigenvalue weighted by atomic mass is 32.2. The molecule has 26 heavy (non-hydrogen) atoms. The highest BCUT2D eigenvalue weighted by molar-refractivity contribution is 7.91. The fourth-order valence-electron chi connectivity index (χ4n) is 2.64. The molecule has 0 aliphatic rings. The summed E-state index contributed by atoms with van der Waals surface area (Å²) in [6.45, 7) is 9.80. The van der Waals surface area contributed by atoms with E-state index in [9.17, 15) is 8.42 Å². The van der Waals surface area contributed by atoms with Gasteiger partial charge in [-0.25, -0.2) is 13.4 Å². The SMILES string of the molecule is CCCCN(CC)c1ncc(S(=O)(=O)c2ccc(C(C)C)cc2)c(N)n1. The molecule has 1 heterocycles. The van der Waals surface area contributed by atoms with Gasteiger partial charge in [0.1, 0.15) is 10.7 Å². The number of rotatable bonds is 8. The maximum atomic E-state index is 12.9. The van der Waals surface area contributed by atoms with E-state index in [1.54, 1.807) is 12.1 Å². The van der Waals surface area contributed by atoms with Gasteiger partial charge in [0.2, 0.25) is 15.8 Å². The van der Waals surface area contributed by atoms with Crippen LogP contribution in [0.25, 0.3) is 0 Å². The van der Waals surface area contributed by atoms with E-state index in [2.05, 4.69) is 30.7 Å². The van der Waals surface area contributed by atoms with E-state index in [0.29, 0.717) is 11.9 Å². The van der Waals surface area contributed by atoms with Crippen molar-refractivity contribution in [1.82, 2.24) is 9.97 Å². The summed E-state index contributed by atoms with van der Waals surface area (Å²) in [5, 5.41) is 0. The Bertz CT molecular complexity index is 833. The second-order valence-corrected chi connectivity index (χ2v) is 8.50. The maximum absolute atomic E-state index is 12.9. The predicted octanol–water partition coefficient (Wildman–Crippen LogP) is 3.64. The van der Waals surface area contributed by atoms with E-state index in [1.807, 2.05) is 24.0 Å². The Kier molecular flexibility index (Phi) is 6.58. The summed E-state index contributed by atoms with van der Waals surface area (Å²) in [7, 11) is -3.75. The minimum atomic E-state index is -3.75. The van der Waals surface area contributed by atoms with Gasteiger partial charge in [0.25, 0.3) is 0 Å². The zero-order chi connectivity index (χ0) is 19.3. The lowest BCUT2D eigenvalue weighted by molar-refractivity contribution is 0.595. The molecule has 2 aromatic rings. The number of nitrogens with zero attached hydrogens (tertiary/aromatic N) is 3. The maximum Gasteiger partial charge on any atom is 0.227 e. The Balaban J connectivity index is 2.35. The second-order valence-electron chi connectivity index (χ2n) is 6.58. The van der Waals surface area contributed by atoms with Crippen LogP contribution in [0.5, 0.6) is 0 Å². The number of anilines is 2. The smallest absolute Gasteiger partial charge is 0.227 e. The predicted molar refractivity (Wildman–Crippen MR) is 105 cm³/mol. The van der Waals surface area contributed by atoms with Gasteiger partial charge in [-0.1, -0.05) is 39.3 Å². The molecule has 0 saturated carbocycles. The summed E-state index contributed by atoms with van der Waals surface area (Å²) < 4.78 is 25.8. The van der Waals surface area contributed by atoms with Crippen LogP contribution < -0.4 is 10.6 Å². The molecule has 2 N–H and O–H groups in total. The highest BCUT2D eigenvalue weighted by Crippen LogP contribution is 2.27. The molecular formula is C19H28N4O2S. The molecule has 0 atom stereocenters. The molecule has 0 amide bonds. The van der Waals surface area contributed by atoms with Gasteiger partial charge in [-0.05, 0) is 37.0 Å². The summed E-state index contributed by atoms with van der Waals surface area (Å²) in [6.07, 6.45) is 3.39. The number of aromatic nitrogens is 2. The van der Waals surface area contributed by atoms with Crippen LogP contribution in [0.4, 0.5) is 11.8 Å². The van der Waals surface area contributed by atoms with Gasteiger partial charge >= 0.3 is 0 Å². The van der Waals surface area contributed by atoms with Gasteiger partial charge in [0, 0.05) is 13.1 Å². The zero-order valence-electron chi connectivity index (χ0n) is 15.9. The van der Waals surface area contributed by atoms with Gasteiger partial charge in [0.05, 0.1) is 11.1 Å². The lowest BCUT2D eigenvalue weighted by Gasteiger charge is -2.21. The Morgan fingerprint density at radius 2 is 1.81 bits per heavy atom. The third kappa shape index (κ3) is 4.33. The Hall–Kier alpha value is -2.15. The third-order valence-corrected chi connectivity index (χ3v) is 6.15. The average molecular weight is 377 g/mol.